The molecule has 0 saturated carbocycles. The van der Waals surface area contributed by atoms with Crippen molar-refractivity contribution in [2.24, 2.45) is 4.99 Å². The maximum atomic E-state index is 12.9. The summed E-state index contributed by atoms with van der Waals surface area (Å²) in [6.45, 7) is 10.6. The lowest BCUT2D eigenvalue weighted by Crippen LogP contribution is -2.38. The first-order valence-corrected chi connectivity index (χ1v) is 6.78. The number of rotatable bonds is 5. The van der Waals surface area contributed by atoms with Crippen LogP contribution < -0.4 is 10.6 Å². The van der Waals surface area contributed by atoms with Crippen molar-refractivity contribution in [3.05, 3.63) is 35.6 Å². The second kappa shape index (κ2) is 7.12. The maximum Gasteiger partial charge on any atom is 0.191 e. The molecular weight excluding hydrogens is 241 g/mol. The summed E-state index contributed by atoms with van der Waals surface area (Å²) in [6.07, 6.45) is 0. The predicted molar refractivity (Wildman–Crippen MR) is 79.1 cm³/mol. The van der Waals surface area contributed by atoms with Crippen molar-refractivity contribution in [3.8, 4) is 0 Å². The minimum absolute atomic E-state index is 0.121. The molecule has 2 N–H and O–H groups in total. The van der Waals surface area contributed by atoms with E-state index < -0.39 is 0 Å². The molecule has 1 aromatic carbocycles. The fraction of sp³-hybridized carbons (Fsp3) is 0.533. The van der Waals surface area contributed by atoms with Crippen molar-refractivity contribution in [3.63, 3.8) is 0 Å². The minimum Gasteiger partial charge on any atom is -0.357 e. The number of hydrogen-bond donors (Lipinski definition) is 2. The number of benzene rings is 1. The number of aliphatic imine (C=N–C) groups is 1. The summed E-state index contributed by atoms with van der Waals surface area (Å²) in [6, 6.07) is 6.64. The van der Waals surface area contributed by atoms with E-state index >= 15 is 0 Å². The first-order chi connectivity index (χ1) is 8.99. The van der Waals surface area contributed by atoms with Gasteiger partial charge in [0.2, 0.25) is 0 Å². The van der Waals surface area contributed by atoms with Gasteiger partial charge < -0.3 is 10.6 Å². The van der Waals surface area contributed by atoms with Gasteiger partial charge in [-0.2, -0.15) is 0 Å². The lowest BCUT2D eigenvalue weighted by molar-refractivity contribution is 0.534. The molecule has 4 heteroatoms. The van der Waals surface area contributed by atoms with Gasteiger partial charge in [0, 0.05) is 18.5 Å². The predicted octanol–water partition coefficient (Wildman–Crippen LogP) is 2.68. The van der Waals surface area contributed by atoms with Crippen molar-refractivity contribution < 1.29 is 4.39 Å². The third-order valence-corrected chi connectivity index (χ3v) is 2.95. The van der Waals surface area contributed by atoms with E-state index in [-0.39, 0.29) is 11.2 Å². The average molecular weight is 265 g/mol. The zero-order chi connectivity index (χ0) is 14.3. The molecule has 0 amide bonds. The molecule has 0 spiro atoms. The van der Waals surface area contributed by atoms with E-state index in [9.17, 15) is 4.39 Å². The van der Waals surface area contributed by atoms with Crippen LogP contribution in [0.1, 0.15) is 33.3 Å². The normalized spacial score (nSPS) is 11.0. The Morgan fingerprint density at radius 1 is 1.11 bits per heavy atom. The lowest BCUT2D eigenvalue weighted by Gasteiger charge is -2.23. The number of nitrogens with one attached hydrogen (secondary N) is 2. The fourth-order valence-electron chi connectivity index (χ4n) is 1.78. The number of guanidine groups is 1. The van der Waals surface area contributed by atoms with Crippen LogP contribution in [0.5, 0.6) is 0 Å². The molecule has 1 aromatic rings. The third-order valence-electron chi connectivity index (χ3n) is 2.95. The first kappa shape index (κ1) is 15.5. The molecule has 19 heavy (non-hydrogen) atoms. The smallest absolute Gasteiger partial charge is 0.191 e. The molecule has 0 atom stereocenters. The zero-order valence-electron chi connectivity index (χ0n) is 12.3. The van der Waals surface area contributed by atoms with Crippen molar-refractivity contribution >= 4 is 5.96 Å². The van der Waals surface area contributed by atoms with Crippen LogP contribution in [-0.4, -0.2) is 25.6 Å². The lowest BCUT2D eigenvalue weighted by atomic mass is 9.85. The molecule has 0 fully saturated rings. The van der Waals surface area contributed by atoms with Gasteiger partial charge >= 0.3 is 0 Å². The van der Waals surface area contributed by atoms with Crippen molar-refractivity contribution in [2.75, 3.05) is 19.6 Å². The number of nitrogens with zero attached hydrogens (tertiary/aromatic N) is 1. The molecular formula is C15H24FN3. The molecule has 0 radical (unpaired) electrons. The monoisotopic (exact) mass is 265 g/mol. The summed E-state index contributed by atoms with van der Waals surface area (Å²) < 4.78 is 12.9. The van der Waals surface area contributed by atoms with Crippen LogP contribution in [0.15, 0.2) is 29.3 Å². The highest BCUT2D eigenvalue weighted by molar-refractivity contribution is 5.79. The molecule has 1 rings (SSSR count). The summed E-state index contributed by atoms with van der Waals surface area (Å²) in [5.74, 6) is 0.615. The van der Waals surface area contributed by atoms with E-state index in [0.29, 0.717) is 6.54 Å². The van der Waals surface area contributed by atoms with Crippen LogP contribution >= 0.6 is 0 Å². The molecule has 0 saturated heterocycles. The Morgan fingerprint density at radius 2 is 1.63 bits per heavy atom. The topological polar surface area (TPSA) is 36.4 Å². The summed E-state index contributed by atoms with van der Waals surface area (Å²) in [5, 5.41) is 6.39. The average Bonchev–Trinajstić information content (AvgIpc) is 2.37. The van der Waals surface area contributed by atoms with Gasteiger partial charge in [0.25, 0.3) is 0 Å². The largest absolute Gasteiger partial charge is 0.357 e. The summed E-state index contributed by atoms with van der Waals surface area (Å²) >= 11 is 0. The van der Waals surface area contributed by atoms with E-state index in [0.717, 1.165) is 24.6 Å². The number of halogens is 1. The highest BCUT2D eigenvalue weighted by Crippen LogP contribution is 2.23. The van der Waals surface area contributed by atoms with E-state index in [1.54, 1.807) is 0 Å². The van der Waals surface area contributed by atoms with Crippen LogP contribution in [0, 0.1) is 5.82 Å². The second-order valence-corrected chi connectivity index (χ2v) is 5.12. The third kappa shape index (κ3) is 4.89. The van der Waals surface area contributed by atoms with Gasteiger partial charge in [0.15, 0.2) is 5.96 Å². The summed E-state index contributed by atoms with van der Waals surface area (Å²) in [7, 11) is 0. The highest BCUT2D eigenvalue weighted by atomic mass is 19.1. The van der Waals surface area contributed by atoms with E-state index in [4.69, 9.17) is 0 Å². The quantitative estimate of drug-likeness (QED) is 0.634. The molecule has 0 aliphatic rings. The molecule has 0 unspecified atom stereocenters. The van der Waals surface area contributed by atoms with E-state index in [1.807, 2.05) is 26.0 Å². The first-order valence-electron chi connectivity index (χ1n) is 6.78. The highest BCUT2D eigenvalue weighted by Gasteiger charge is 2.20. The van der Waals surface area contributed by atoms with Gasteiger partial charge in [-0.05, 0) is 31.5 Å². The molecule has 0 aliphatic heterocycles. The SMILES string of the molecule is CCNC(=NCC(C)(C)c1ccc(F)cc1)NCC. The van der Waals surface area contributed by atoms with Crippen LogP contribution in [0.3, 0.4) is 0 Å². The molecule has 0 aliphatic carbocycles. The van der Waals surface area contributed by atoms with Crippen molar-refractivity contribution in [1.29, 1.82) is 0 Å². The van der Waals surface area contributed by atoms with E-state index in [2.05, 4.69) is 29.5 Å². The zero-order valence-corrected chi connectivity index (χ0v) is 12.3. The summed E-state index contributed by atoms with van der Waals surface area (Å²) in [5.41, 5.74) is 0.967. The van der Waals surface area contributed by atoms with Crippen molar-refractivity contribution in [2.45, 2.75) is 33.1 Å². The fourth-order valence-corrected chi connectivity index (χ4v) is 1.78. The van der Waals surface area contributed by atoms with Gasteiger partial charge in [-0.1, -0.05) is 26.0 Å². The Kier molecular flexibility index (Phi) is 5.80. The van der Waals surface area contributed by atoms with Crippen LogP contribution in [-0.2, 0) is 5.41 Å². The standard InChI is InChI=1S/C15H24FN3/c1-5-17-14(18-6-2)19-11-15(3,4)12-7-9-13(16)10-8-12/h7-10H,5-6,11H2,1-4H3,(H2,17,18,19). The Bertz CT molecular complexity index is 402. The van der Waals surface area contributed by atoms with Gasteiger partial charge in [-0.15, -0.1) is 0 Å². The molecule has 0 aromatic heterocycles. The molecule has 3 nitrogen and oxygen atoms in total. The van der Waals surface area contributed by atoms with Crippen LogP contribution in [0.2, 0.25) is 0 Å². The van der Waals surface area contributed by atoms with Gasteiger partial charge in [-0.25, -0.2) is 4.39 Å². The van der Waals surface area contributed by atoms with Gasteiger partial charge in [0.1, 0.15) is 5.82 Å². The maximum absolute atomic E-state index is 12.9. The second-order valence-electron chi connectivity index (χ2n) is 5.12. The molecule has 0 bridgehead atoms. The molecule has 0 heterocycles. The van der Waals surface area contributed by atoms with Crippen LogP contribution in [0.25, 0.3) is 0 Å². The van der Waals surface area contributed by atoms with Crippen molar-refractivity contribution in [1.82, 2.24) is 10.6 Å². The molecule has 106 valence electrons. The van der Waals surface area contributed by atoms with Crippen LogP contribution in [0.4, 0.5) is 4.39 Å². The summed E-state index contributed by atoms with van der Waals surface area (Å²) in [4.78, 5) is 4.57. The Labute approximate surface area is 115 Å². The van der Waals surface area contributed by atoms with E-state index in [1.165, 1.54) is 12.1 Å². The van der Waals surface area contributed by atoms with Gasteiger partial charge in [0.05, 0.1) is 6.54 Å². The minimum atomic E-state index is -0.205. The Hall–Kier alpha value is -1.58. The van der Waals surface area contributed by atoms with Gasteiger partial charge in [-0.3, -0.25) is 4.99 Å². The number of hydrogen-bond acceptors (Lipinski definition) is 1. The Balaban J connectivity index is 2.77. The Morgan fingerprint density at radius 3 is 2.11 bits per heavy atom.